The Kier molecular flexibility index (Phi) is 4.27. The molecule has 4 nitrogen and oxygen atoms in total. The molecule has 0 bridgehead atoms. The summed E-state index contributed by atoms with van der Waals surface area (Å²) in [5.74, 6) is -2.25. The summed E-state index contributed by atoms with van der Waals surface area (Å²) in [5, 5.41) is 8.75. The van der Waals surface area contributed by atoms with Crippen LogP contribution < -0.4 is 0 Å². The second kappa shape index (κ2) is 5.70. The van der Waals surface area contributed by atoms with Gasteiger partial charge >= 0.3 is 11.9 Å². The van der Waals surface area contributed by atoms with Crippen LogP contribution in [0.3, 0.4) is 0 Å². The Balaban J connectivity index is 2.78. The molecule has 1 N–H and O–H groups in total. The maximum absolute atomic E-state index is 11.5. The number of benzene rings is 1. The van der Waals surface area contributed by atoms with Crippen molar-refractivity contribution in [3.63, 3.8) is 0 Å². The fourth-order valence-corrected chi connectivity index (χ4v) is 1.09. The van der Waals surface area contributed by atoms with Gasteiger partial charge in [-0.05, 0) is 24.6 Å². The zero-order chi connectivity index (χ0) is 12.0. The topological polar surface area (TPSA) is 63.6 Å². The van der Waals surface area contributed by atoms with Gasteiger partial charge in [-0.25, -0.2) is 9.59 Å². The lowest BCUT2D eigenvalue weighted by Gasteiger charge is -2.04. The summed E-state index contributed by atoms with van der Waals surface area (Å²) in [6, 6.07) is 8.25. The van der Waals surface area contributed by atoms with Gasteiger partial charge in [-0.1, -0.05) is 25.1 Å². The Morgan fingerprint density at radius 1 is 1.31 bits per heavy atom. The standard InChI is InChI=1S/C12H12O4/c1-2-6-10(11(13)14)16-12(15)9-7-4-3-5-8-9/h3-8H,2H2,1H3,(H,13,14)/b10-6+. The van der Waals surface area contributed by atoms with E-state index in [0.717, 1.165) is 0 Å². The predicted molar refractivity (Wildman–Crippen MR) is 57.9 cm³/mol. The van der Waals surface area contributed by atoms with Gasteiger partial charge in [0, 0.05) is 0 Å². The van der Waals surface area contributed by atoms with Crippen molar-refractivity contribution in [1.82, 2.24) is 0 Å². The molecule has 0 aliphatic heterocycles. The van der Waals surface area contributed by atoms with Crippen molar-refractivity contribution in [2.24, 2.45) is 0 Å². The molecule has 1 aromatic rings. The summed E-state index contributed by atoms with van der Waals surface area (Å²) in [4.78, 5) is 22.2. The van der Waals surface area contributed by atoms with E-state index >= 15 is 0 Å². The number of hydrogen-bond acceptors (Lipinski definition) is 3. The number of esters is 1. The number of carbonyl (C=O) groups is 2. The Labute approximate surface area is 93.2 Å². The summed E-state index contributed by atoms with van der Waals surface area (Å²) in [6.07, 6.45) is 1.84. The number of rotatable bonds is 4. The van der Waals surface area contributed by atoms with Crippen LogP contribution in [0.25, 0.3) is 0 Å². The fraction of sp³-hybridized carbons (Fsp3) is 0.167. The van der Waals surface area contributed by atoms with Gasteiger partial charge in [0.05, 0.1) is 5.56 Å². The molecule has 0 amide bonds. The van der Waals surface area contributed by atoms with Gasteiger partial charge in [0.2, 0.25) is 5.76 Å². The smallest absolute Gasteiger partial charge is 0.371 e. The van der Waals surface area contributed by atoms with Crippen molar-refractivity contribution in [3.05, 3.63) is 47.7 Å². The third-order valence-corrected chi connectivity index (χ3v) is 1.81. The highest BCUT2D eigenvalue weighted by Crippen LogP contribution is 2.07. The maximum atomic E-state index is 11.5. The summed E-state index contributed by atoms with van der Waals surface area (Å²) in [5.41, 5.74) is 0.325. The summed E-state index contributed by atoms with van der Waals surface area (Å²) < 4.78 is 4.76. The van der Waals surface area contributed by atoms with Gasteiger partial charge in [-0.15, -0.1) is 0 Å². The maximum Gasteiger partial charge on any atom is 0.371 e. The molecular weight excluding hydrogens is 208 g/mol. The Hall–Kier alpha value is -2.10. The van der Waals surface area contributed by atoms with Crippen LogP contribution in [-0.4, -0.2) is 17.0 Å². The third-order valence-electron chi connectivity index (χ3n) is 1.81. The summed E-state index contributed by atoms with van der Waals surface area (Å²) >= 11 is 0. The first-order valence-electron chi connectivity index (χ1n) is 4.85. The van der Waals surface area contributed by atoms with Gasteiger partial charge in [-0.2, -0.15) is 0 Å². The van der Waals surface area contributed by atoms with Crippen LogP contribution in [-0.2, 0) is 9.53 Å². The summed E-state index contributed by atoms with van der Waals surface area (Å²) in [7, 11) is 0. The molecular formula is C12H12O4. The minimum absolute atomic E-state index is 0.325. The van der Waals surface area contributed by atoms with Crippen molar-refractivity contribution in [2.45, 2.75) is 13.3 Å². The molecule has 0 saturated carbocycles. The molecule has 0 atom stereocenters. The number of allylic oxidation sites excluding steroid dienone is 1. The first-order chi connectivity index (χ1) is 7.65. The van der Waals surface area contributed by atoms with Gasteiger partial charge in [-0.3, -0.25) is 0 Å². The second-order valence-electron chi connectivity index (χ2n) is 3.04. The molecule has 0 aliphatic rings. The number of carboxylic acid groups (broad SMARTS) is 1. The molecule has 16 heavy (non-hydrogen) atoms. The van der Waals surface area contributed by atoms with Gasteiger partial charge < -0.3 is 9.84 Å². The van der Waals surface area contributed by atoms with Crippen LogP contribution in [0.2, 0.25) is 0 Å². The van der Waals surface area contributed by atoms with Crippen LogP contribution in [0.1, 0.15) is 23.7 Å². The average Bonchev–Trinajstić information content (AvgIpc) is 2.29. The highest BCUT2D eigenvalue weighted by atomic mass is 16.6. The number of carbonyl (C=O) groups excluding carboxylic acids is 1. The van der Waals surface area contributed by atoms with E-state index in [1.54, 1.807) is 37.3 Å². The summed E-state index contributed by atoms with van der Waals surface area (Å²) in [6.45, 7) is 1.76. The Morgan fingerprint density at radius 3 is 2.44 bits per heavy atom. The van der Waals surface area contributed by atoms with Crippen molar-refractivity contribution in [3.8, 4) is 0 Å². The highest BCUT2D eigenvalue weighted by molar-refractivity contribution is 5.94. The molecule has 0 spiro atoms. The van der Waals surface area contributed by atoms with Gasteiger partial charge in [0.1, 0.15) is 0 Å². The average molecular weight is 220 g/mol. The van der Waals surface area contributed by atoms with Crippen LogP contribution in [0.15, 0.2) is 42.2 Å². The zero-order valence-electron chi connectivity index (χ0n) is 8.84. The lowest BCUT2D eigenvalue weighted by molar-refractivity contribution is -0.135. The van der Waals surface area contributed by atoms with E-state index in [1.807, 2.05) is 0 Å². The zero-order valence-corrected chi connectivity index (χ0v) is 8.84. The molecule has 1 rings (SSSR count). The first kappa shape index (κ1) is 12.0. The lowest BCUT2D eigenvalue weighted by Crippen LogP contribution is -2.11. The SMILES string of the molecule is CC/C=C(/OC(=O)c1ccccc1)C(=O)O. The van der Waals surface area contributed by atoms with E-state index in [4.69, 9.17) is 9.84 Å². The number of carboxylic acids is 1. The third kappa shape index (κ3) is 3.24. The lowest BCUT2D eigenvalue weighted by atomic mass is 10.2. The quantitative estimate of drug-likeness (QED) is 0.480. The van der Waals surface area contributed by atoms with Gasteiger partial charge in [0.15, 0.2) is 0 Å². The normalized spacial score (nSPS) is 10.9. The van der Waals surface area contributed by atoms with E-state index in [1.165, 1.54) is 6.08 Å². The van der Waals surface area contributed by atoms with Crippen molar-refractivity contribution in [2.75, 3.05) is 0 Å². The molecule has 4 heteroatoms. The molecule has 0 unspecified atom stereocenters. The number of ether oxygens (including phenoxy) is 1. The Morgan fingerprint density at radius 2 is 1.94 bits per heavy atom. The van der Waals surface area contributed by atoms with Crippen molar-refractivity contribution in [1.29, 1.82) is 0 Å². The van der Waals surface area contributed by atoms with E-state index in [9.17, 15) is 9.59 Å². The molecule has 0 heterocycles. The minimum atomic E-state index is -1.24. The minimum Gasteiger partial charge on any atom is -0.475 e. The van der Waals surface area contributed by atoms with Crippen LogP contribution in [0, 0.1) is 0 Å². The van der Waals surface area contributed by atoms with Crippen molar-refractivity contribution >= 4 is 11.9 Å². The van der Waals surface area contributed by atoms with Gasteiger partial charge in [0.25, 0.3) is 0 Å². The molecule has 0 aromatic heterocycles. The number of aliphatic carboxylic acids is 1. The van der Waals surface area contributed by atoms with E-state index in [2.05, 4.69) is 0 Å². The monoisotopic (exact) mass is 220 g/mol. The second-order valence-corrected chi connectivity index (χ2v) is 3.04. The van der Waals surface area contributed by atoms with E-state index in [-0.39, 0.29) is 5.76 Å². The van der Waals surface area contributed by atoms with Crippen LogP contribution >= 0.6 is 0 Å². The number of hydrogen-bond donors (Lipinski definition) is 1. The molecule has 0 saturated heterocycles. The van der Waals surface area contributed by atoms with E-state index < -0.39 is 11.9 Å². The molecule has 0 radical (unpaired) electrons. The highest BCUT2D eigenvalue weighted by Gasteiger charge is 2.14. The largest absolute Gasteiger partial charge is 0.475 e. The van der Waals surface area contributed by atoms with Crippen molar-refractivity contribution < 1.29 is 19.4 Å². The predicted octanol–water partition coefficient (Wildman–Crippen LogP) is 2.22. The molecule has 84 valence electrons. The molecule has 0 aliphatic carbocycles. The molecule has 1 aromatic carbocycles. The Bertz CT molecular complexity index is 406. The first-order valence-corrected chi connectivity index (χ1v) is 4.85. The fourth-order valence-electron chi connectivity index (χ4n) is 1.09. The van der Waals surface area contributed by atoms with E-state index in [0.29, 0.717) is 12.0 Å². The van der Waals surface area contributed by atoms with Crippen LogP contribution in [0.4, 0.5) is 0 Å². The molecule has 0 fully saturated rings. The van der Waals surface area contributed by atoms with Crippen LogP contribution in [0.5, 0.6) is 0 Å².